The van der Waals surface area contributed by atoms with Crippen LogP contribution in [0.3, 0.4) is 0 Å². The fourth-order valence-electron chi connectivity index (χ4n) is 7.45. The van der Waals surface area contributed by atoms with Crippen LogP contribution in [0.2, 0.25) is 0 Å². The quantitative estimate of drug-likeness (QED) is 0.149. The topological polar surface area (TPSA) is 3.24 Å². The number of nitrogens with zero attached hydrogens (tertiary/aromatic N) is 1. The van der Waals surface area contributed by atoms with Gasteiger partial charge in [0.25, 0.3) is 0 Å². The first-order valence-corrected chi connectivity index (χ1v) is 16.1. The Kier molecular flexibility index (Phi) is 6.84. The molecule has 45 heavy (non-hydrogen) atoms. The predicted molar refractivity (Wildman–Crippen MR) is 197 cm³/mol. The molecule has 0 aromatic heterocycles. The molecular weight excluding hydrogens is 541 g/mol. The third-order valence-corrected chi connectivity index (χ3v) is 9.34. The number of fused-ring (bicyclic) bond motifs is 2. The molecule has 0 amide bonds. The van der Waals surface area contributed by atoms with Crippen molar-refractivity contribution in [2.75, 3.05) is 4.90 Å². The number of hydrogen-bond acceptors (Lipinski definition) is 1. The Morgan fingerprint density at radius 3 is 1.49 bits per heavy atom. The number of rotatable bonds is 4. The number of para-hydroxylation sites is 2. The van der Waals surface area contributed by atoms with Gasteiger partial charge in [-0.2, -0.15) is 0 Å². The molecule has 0 spiro atoms. The molecule has 0 bridgehead atoms. The SMILES string of the molecule is CC.c1ccc(B(c2ccccc2)c2ccc3ccc4c(N5c6ccccc6Cc6ccccc65)ccc5ccc2c3c54)cc1. The Labute approximate surface area is 265 Å². The molecule has 2 heteroatoms. The molecule has 0 N–H and O–H groups in total. The minimum Gasteiger partial charge on any atom is -0.309 e. The average Bonchev–Trinajstić information content (AvgIpc) is 3.12. The van der Waals surface area contributed by atoms with Gasteiger partial charge in [0.1, 0.15) is 0 Å². The van der Waals surface area contributed by atoms with Gasteiger partial charge < -0.3 is 4.90 Å². The molecule has 1 aliphatic heterocycles. The first-order valence-electron chi connectivity index (χ1n) is 16.1. The zero-order valence-electron chi connectivity index (χ0n) is 25.7. The number of benzene rings is 8. The van der Waals surface area contributed by atoms with Crippen LogP contribution in [0.1, 0.15) is 25.0 Å². The van der Waals surface area contributed by atoms with Crippen molar-refractivity contribution in [1.29, 1.82) is 0 Å². The van der Waals surface area contributed by atoms with Crippen LogP contribution in [-0.4, -0.2) is 6.71 Å². The smallest absolute Gasteiger partial charge is 0.241 e. The van der Waals surface area contributed by atoms with Crippen molar-refractivity contribution >= 4 is 72.5 Å². The maximum Gasteiger partial charge on any atom is 0.241 e. The summed E-state index contributed by atoms with van der Waals surface area (Å²) < 4.78 is 0. The van der Waals surface area contributed by atoms with E-state index in [1.54, 1.807) is 0 Å². The van der Waals surface area contributed by atoms with E-state index in [2.05, 4.69) is 163 Å². The Bertz CT molecular complexity index is 2190. The van der Waals surface area contributed by atoms with Crippen molar-refractivity contribution in [2.24, 2.45) is 0 Å². The third-order valence-electron chi connectivity index (χ3n) is 9.34. The van der Waals surface area contributed by atoms with Gasteiger partial charge in [0, 0.05) is 23.2 Å². The van der Waals surface area contributed by atoms with Gasteiger partial charge >= 0.3 is 0 Å². The summed E-state index contributed by atoms with van der Waals surface area (Å²) in [5.74, 6) is 0. The first kappa shape index (κ1) is 27.2. The van der Waals surface area contributed by atoms with Crippen molar-refractivity contribution in [2.45, 2.75) is 20.3 Å². The highest BCUT2D eigenvalue weighted by molar-refractivity contribution is 6.97. The van der Waals surface area contributed by atoms with Gasteiger partial charge in [-0.25, -0.2) is 0 Å². The zero-order chi connectivity index (χ0) is 30.3. The third kappa shape index (κ3) is 4.40. The highest BCUT2D eigenvalue weighted by Gasteiger charge is 2.27. The van der Waals surface area contributed by atoms with Crippen LogP contribution in [0.5, 0.6) is 0 Å². The summed E-state index contributed by atoms with van der Waals surface area (Å²) in [7, 11) is 0. The number of hydrogen-bond donors (Lipinski definition) is 0. The largest absolute Gasteiger partial charge is 0.309 e. The van der Waals surface area contributed by atoms with Crippen molar-refractivity contribution in [3.8, 4) is 0 Å². The molecule has 1 nitrogen and oxygen atoms in total. The van der Waals surface area contributed by atoms with Crippen LogP contribution in [0.4, 0.5) is 17.1 Å². The summed E-state index contributed by atoms with van der Waals surface area (Å²) in [6, 6.07) is 58.2. The average molecular weight is 576 g/mol. The fourth-order valence-corrected chi connectivity index (χ4v) is 7.45. The number of anilines is 3. The molecule has 9 rings (SSSR count). The van der Waals surface area contributed by atoms with Crippen molar-refractivity contribution in [1.82, 2.24) is 0 Å². The van der Waals surface area contributed by atoms with Crippen LogP contribution in [0.25, 0.3) is 32.3 Å². The Balaban J connectivity index is 0.00000147. The zero-order valence-corrected chi connectivity index (χ0v) is 25.7. The monoisotopic (exact) mass is 575 g/mol. The van der Waals surface area contributed by atoms with Crippen LogP contribution in [-0.2, 0) is 6.42 Å². The van der Waals surface area contributed by atoms with Crippen LogP contribution < -0.4 is 21.3 Å². The van der Waals surface area contributed by atoms with Crippen LogP contribution in [0.15, 0.2) is 158 Å². The molecule has 0 fully saturated rings. The van der Waals surface area contributed by atoms with Gasteiger partial charge in [-0.15, -0.1) is 0 Å². The normalized spacial score (nSPS) is 12.1. The molecular formula is C43H34BN. The van der Waals surface area contributed by atoms with E-state index in [4.69, 9.17) is 0 Å². The van der Waals surface area contributed by atoms with Gasteiger partial charge in [0.15, 0.2) is 0 Å². The van der Waals surface area contributed by atoms with Gasteiger partial charge in [-0.05, 0) is 56.3 Å². The molecule has 1 heterocycles. The summed E-state index contributed by atoms with van der Waals surface area (Å²) in [4.78, 5) is 2.48. The van der Waals surface area contributed by atoms with Crippen molar-refractivity contribution < 1.29 is 0 Å². The Morgan fingerprint density at radius 1 is 0.422 bits per heavy atom. The van der Waals surface area contributed by atoms with E-state index >= 15 is 0 Å². The maximum atomic E-state index is 2.48. The minimum absolute atomic E-state index is 0.146. The second-order valence-electron chi connectivity index (χ2n) is 11.7. The summed E-state index contributed by atoms with van der Waals surface area (Å²) in [6.07, 6.45) is 0.957. The summed E-state index contributed by atoms with van der Waals surface area (Å²) in [5, 5.41) is 7.87. The lowest BCUT2D eigenvalue weighted by molar-refractivity contribution is 1.09. The molecule has 0 aliphatic carbocycles. The lowest BCUT2D eigenvalue weighted by atomic mass is 9.36. The standard InChI is InChI=1S/C41H28BN.C2H6/c1-3-13-32(14-4-1)42(33-15-5-2-6-16-33)36-25-21-28-20-24-35-39(26-22-29-19-23-34(36)40(28)41(29)35)43-37-17-9-7-11-30(37)27-31-12-8-10-18-38(31)43;1-2/h1-26H,27H2;1-2H3. The molecule has 0 saturated carbocycles. The van der Waals surface area contributed by atoms with E-state index in [0.717, 1.165) is 6.42 Å². The van der Waals surface area contributed by atoms with E-state index in [0.29, 0.717) is 0 Å². The molecule has 0 saturated heterocycles. The second kappa shape index (κ2) is 11.3. The van der Waals surface area contributed by atoms with E-state index in [-0.39, 0.29) is 6.71 Å². The summed E-state index contributed by atoms with van der Waals surface area (Å²) >= 11 is 0. The fraction of sp³-hybridized carbons (Fsp3) is 0.0698. The first-order chi connectivity index (χ1) is 22.3. The summed E-state index contributed by atoms with van der Waals surface area (Å²) in [5.41, 5.74) is 10.5. The van der Waals surface area contributed by atoms with Gasteiger partial charge in [-0.3, -0.25) is 0 Å². The van der Waals surface area contributed by atoms with Crippen molar-refractivity contribution in [3.63, 3.8) is 0 Å². The molecule has 1 aliphatic rings. The van der Waals surface area contributed by atoms with E-state index in [9.17, 15) is 0 Å². The van der Waals surface area contributed by atoms with Gasteiger partial charge in [0.05, 0.1) is 5.69 Å². The molecule has 8 aromatic carbocycles. The molecule has 0 unspecified atom stereocenters. The highest BCUT2D eigenvalue weighted by atomic mass is 15.2. The molecule has 214 valence electrons. The van der Waals surface area contributed by atoms with Crippen LogP contribution >= 0.6 is 0 Å². The van der Waals surface area contributed by atoms with Crippen molar-refractivity contribution in [3.05, 3.63) is 169 Å². The minimum atomic E-state index is 0.146. The second-order valence-corrected chi connectivity index (χ2v) is 11.7. The summed E-state index contributed by atoms with van der Waals surface area (Å²) in [6.45, 7) is 4.15. The van der Waals surface area contributed by atoms with Gasteiger partial charge in [0.2, 0.25) is 6.71 Å². The lowest BCUT2D eigenvalue weighted by Gasteiger charge is -2.34. The predicted octanol–water partition coefficient (Wildman–Crippen LogP) is 9.50. The lowest BCUT2D eigenvalue weighted by Crippen LogP contribution is -2.52. The van der Waals surface area contributed by atoms with Gasteiger partial charge in [-0.1, -0.05) is 170 Å². The molecule has 0 atom stereocenters. The molecule has 0 radical (unpaired) electrons. The Hall–Kier alpha value is -5.34. The van der Waals surface area contributed by atoms with Crippen LogP contribution in [0, 0.1) is 0 Å². The van der Waals surface area contributed by atoms with E-state index in [1.807, 2.05) is 13.8 Å². The molecule has 8 aromatic rings. The highest BCUT2D eigenvalue weighted by Crippen LogP contribution is 2.47. The van der Waals surface area contributed by atoms with E-state index in [1.165, 1.54) is 76.9 Å². The Morgan fingerprint density at radius 2 is 0.889 bits per heavy atom. The maximum absolute atomic E-state index is 2.48. The van der Waals surface area contributed by atoms with E-state index < -0.39 is 0 Å².